The van der Waals surface area contributed by atoms with Gasteiger partial charge in [0.1, 0.15) is 6.54 Å². The second kappa shape index (κ2) is 5.01. The van der Waals surface area contributed by atoms with E-state index in [0.717, 1.165) is 0 Å². The van der Waals surface area contributed by atoms with E-state index in [1.807, 2.05) is 6.92 Å². The van der Waals surface area contributed by atoms with Gasteiger partial charge in [0.05, 0.1) is 11.4 Å². The number of hydrogen-bond donors (Lipinski definition) is 1. The van der Waals surface area contributed by atoms with Gasteiger partial charge in [0, 0.05) is 6.20 Å². The summed E-state index contributed by atoms with van der Waals surface area (Å²) >= 11 is 0. The van der Waals surface area contributed by atoms with Gasteiger partial charge in [-0.2, -0.15) is 5.10 Å². The molecule has 1 aromatic heterocycles. The Bertz CT molecular complexity index is 262. The molecule has 0 saturated carbocycles. The molecule has 1 aromatic rings. The van der Waals surface area contributed by atoms with Crippen LogP contribution in [0.3, 0.4) is 0 Å². The first kappa shape index (κ1) is 12.2. The van der Waals surface area contributed by atoms with Crippen molar-refractivity contribution in [2.45, 2.75) is 26.3 Å². The van der Waals surface area contributed by atoms with Crippen LogP contribution in [0.1, 0.15) is 12.6 Å². The molecule has 1 rings (SSSR count). The van der Waals surface area contributed by atoms with E-state index >= 15 is 0 Å². The van der Waals surface area contributed by atoms with Gasteiger partial charge in [-0.1, -0.05) is 6.92 Å². The summed E-state index contributed by atoms with van der Waals surface area (Å²) in [5, 5.41) is 3.88. The smallest absolute Gasteiger partial charge is 0.257 e. The Labute approximate surface area is 81.3 Å². The number of nitrogens with zero attached hydrogens (tertiary/aromatic N) is 2. The molecule has 0 saturated heterocycles. The predicted octanol–water partition coefficient (Wildman–Crippen LogP) is 1.71. The number of hydrogen-bond acceptors (Lipinski definition) is 2. The molecular weight excluding hydrogens is 200 g/mol. The zero-order valence-corrected chi connectivity index (χ0v) is 8.02. The predicted molar refractivity (Wildman–Crippen MR) is 49.3 cm³/mol. The van der Waals surface area contributed by atoms with Gasteiger partial charge in [-0.15, -0.1) is 12.4 Å². The molecule has 0 fully saturated rings. The number of aryl methyl sites for hydroxylation is 1. The van der Waals surface area contributed by atoms with Crippen LogP contribution in [0.2, 0.25) is 0 Å². The summed E-state index contributed by atoms with van der Waals surface area (Å²) in [6, 6.07) is 0. The average molecular weight is 212 g/mol. The Hall–Kier alpha value is -0.840. The summed E-state index contributed by atoms with van der Waals surface area (Å²) in [5.41, 5.74) is 6.66. The minimum atomic E-state index is -2.38. The van der Waals surface area contributed by atoms with E-state index in [4.69, 9.17) is 5.73 Å². The molecule has 0 amide bonds. The van der Waals surface area contributed by atoms with E-state index in [9.17, 15) is 8.78 Å². The highest BCUT2D eigenvalue weighted by Gasteiger charge is 2.07. The Kier molecular flexibility index (Phi) is 4.69. The van der Waals surface area contributed by atoms with Gasteiger partial charge in [0.15, 0.2) is 0 Å². The lowest BCUT2D eigenvalue weighted by molar-refractivity contribution is 0.121. The Morgan fingerprint density at radius 3 is 2.62 bits per heavy atom. The van der Waals surface area contributed by atoms with Crippen LogP contribution in [-0.4, -0.2) is 16.2 Å². The van der Waals surface area contributed by atoms with Crippen molar-refractivity contribution in [1.82, 2.24) is 9.78 Å². The molecule has 0 unspecified atom stereocenters. The third-order valence-corrected chi connectivity index (χ3v) is 1.53. The highest BCUT2D eigenvalue weighted by atomic mass is 35.5. The van der Waals surface area contributed by atoms with Crippen molar-refractivity contribution < 1.29 is 8.78 Å². The van der Waals surface area contributed by atoms with E-state index < -0.39 is 6.43 Å². The van der Waals surface area contributed by atoms with Crippen molar-refractivity contribution in [2.24, 2.45) is 0 Å². The number of halogens is 3. The molecule has 13 heavy (non-hydrogen) atoms. The molecule has 0 aliphatic rings. The molecule has 0 aliphatic heterocycles. The fraction of sp³-hybridized carbons (Fsp3) is 0.571. The number of aromatic nitrogens is 2. The quantitative estimate of drug-likeness (QED) is 0.827. The number of anilines is 1. The molecule has 76 valence electrons. The van der Waals surface area contributed by atoms with Gasteiger partial charge in [-0.3, -0.25) is 4.68 Å². The molecular formula is C7H12ClF2N3. The average Bonchev–Trinajstić information content (AvgIpc) is 2.29. The van der Waals surface area contributed by atoms with Gasteiger partial charge in [-0.05, 0) is 6.42 Å². The lowest BCUT2D eigenvalue weighted by Gasteiger charge is -1.97. The standard InChI is InChI=1S/C7H11F2N3.ClH/c1-2-6-5(10)3-12(11-6)4-7(8)9;/h3,7H,2,4,10H2,1H3;1H. The Morgan fingerprint density at radius 2 is 2.23 bits per heavy atom. The van der Waals surface area contributed by atoms with Crippen LogP contribution in [0.25, 0.3) is 0 Å². The SMILES string of the molecule is CCc1nn(CC(F)F)cc1N.Cl. The van der Waals surface area contributed by atoms with Crippen LogP contribution < -0.4 is 5.73 Å². The van der Waals surface area contributed by atoms with Crippen LogP contribution in [0.5, 0.6) is 0 Å². The number of alkyl halides is 2. The van der Waals surface area contributed by atoms with Crippen LogP contribution in [0.4, 0.5) is 14.5 Å². The van der Waals surface area contributed by atoms with Crippen molar-refractivity contribution in [3.05, 3.63) is 11.9 Å². The summed E-state index contributed by atoms with van der Waals surface area (Å²) < 4.78 is 24.9. The molecule has 6 heteroatoms. The molecule has 0 bridgehead atoms. The van der Waals surface area contributed by atoms with E-state index in [2.05, 4.69) is 5.10 Å². The molecule has 0 aliphatic carbocycles. The highest BCUT2D eigenvalue weighted by Crippen LogP contribution is 2.10. The molecule has 1 heterocycles. The zero-order chi connectivity index (χ0) is 9.14. The molecule has 3 nitrogen and oxygen atoms in total. The topological polar surface area (TPSA) is 43.8 Å². The largest absolute Gasteiger partial charge is 0.396 e. The number of nitrogen functional groups attached to an aromatic ring is 1. The summed E-state index contributed by atoms with van der Waals surface area (Å²) in [5.74, 6) is 0. The van der Waals surface area contributed by atoms with Crippen LogP contribution in [-0.2, 0) is 13.0 Å². The first-order chi connectivity index (χ1) is 5.63. The highest BCUT2D eigenvalue weighted by molar-refractivity contribution is 5.85. The Morgan fingerprint density at radius 1 is 1.62 bits per heavy atom. The minimum Gasteiger partial charge on any atom is -0.396 e. The van der Waals surface area contributed by atoms with Gasteiger partial charge in [0.25, 0.3) is 6.43 Å². The maximum atomic E-state index is 11.9. The lowest BCUT2D eigenvalue weighted by Crippen LogP contribution is -2.07. The van der Waals surface area contributed by atoms with Crippen molar-refractivity contribution in [1.29, 1.82) is 0 Å². The van der Waals surface area contributed by atoms with Gasteiger partial charge >= 0.3 is 0 Å². The molecule has 0 spiro atoms. The first-order valence-electron chi connectivity index (χ1n) is 3.73. The van der Waals surface area contributed by atoms with E-state index in [-0.39, 0.29) is 19.0 Å². The number of rotatable bonds is 3. The molecule has 0 aromatic carbocycles. The molecule has 2 N–H and O–H groups in total. The summed E-state index contributed by atoms with van der Waals surface area (Å²) in [6.07, 6.45) is -0.276. The first-order valence-corrected chi connectivity index (χ1v) is 3.73. The third kappa shape index (κ3) is 3.18. The summed E-state index contributed by atoms with van der Waals surface area (Å²) in [4.78, 5) is 0. The molecule has 0 radical (unpaired) electrons. The second-order valence-corrected chi connectivity index (χ2v) is 2.50. The second-order valence-electron chi connectivity index (χ2n) is 2.50. The van der Waals surface area contributed by atoms with E-state index in [0.29, 0.717) is 17.8 Å². The van der Waals surface area contributed by atoms with Crippen molar-refractivity contribution >= 4 is 18.1 Å². The van der Waals surface area contributed by atoms with Gasteiger partial charge in [0.2, 0.25) is 0 Å². The monoisotopic (exact) mass is 211 g/mol. The van der Waals surface area contributed by atoms with Crippen molar-refractivity contribution in [3.63, 3.8) is 0 Å². The Balaban J connectivity index is 0.00000144. The normalized spacial score (nSPS) is 10.2. The van der Waals surface area contributed by atoms with Crippen molar-refractivity contribution in [2.75, 3.05) is 5.73 Å². The third-order valence-electron chi connectivity index (χ3n) is 1.53. The maximum absolute atomic E-state index is 11.9. The summed E-state index contributed by atoms with van der Waals surface area (Å²) in [7, 11) is 0. The minimum absolute atomic E-state index is 0. The van der Waals surface area contributed by atoms with Crippen LogP contribution >= 0.6 is 12.4 Å². The summed E-state index contributed by atoms with van der Waals surface area (Å²) in [6.45, 7) is 1.50. The van der Waals surface area contributed by atoms with Crippen LogP contribution in [0.15, 0.2) is 6.20 Å². The zero-order valence-electron chi connectivity index (χ0n) is 7.20. The van der Waals surface area contributed by atoms with E-state index in [1.54, 1.807) is 0 Å². The van der Waals surface area contributed by atoms with Crippen molar-refractivity contribution in [3.8, 4) is 0 Å². The number of nitrogens with two attached hydrogens (primary N) is 1. The van der Waals surface area contributed by atoms with Gasteiger partial charge in [-0.25, -0.2) is 8.78 Å². The van der Waals surface area contributed by atoms with Gasteiger partial charge < -0.3 is 5.73 Å². The van der Waals surface area contributed by atoms with Crippen LogP contribution in [0, 0.1) is 0 Å². The van der Waals surface area contributed by atoms with E-state index in [1.165, 1.54) is 10.9 Å². The maximum Gasteiger partial charge on any atom is 0.257 e. The fourth-order valence-electron chi connectivity index (χ4n) is 0.986. The fourth-order valence-corrected chi connectivity index (χ4v) is 0.986. The lowest BCUT2D eigenvalue weighted by atomic mass is 10.3. The molecule has 0 atom stereocenters.